The molecular formula is C23H26N4O2. The van der Waals surface area contributed by atoms with Crippen molar-refractivity contribution in [1.82, 2.24) is 14.9 Å². The number of benzene rings is 1. The van der Waals surface area contributed by atoms with Crippen LogP contribution in [0.4, 0.5) is 11.5 Å². The highest BCUT2D eigenvalue weighted by molar-refractivity contribution is 5.94. The molecule has 3 aromatic rings. The van der Waals surface area contributed by atoms with Gasteiger partial charge in [0, 0.05) is 43.4 Å². The molecule has 1 aromatic carbocycles. The number of rotatable bonds is 8. The monoisotopic (exact) mass is 390 g/mol. The molecule has 0 atom stereocenters. The second-order valence-electron chi connectivity index (χ2n) is 7.08. The number of carbonyl (C=O) groups is 1. The van der Waals surface area contributed by atoms with Crippen molar-refractivity contribution in [1.29, 1.82) is 0 Å². The van der Waals surface area contributed by atoms with Crippen molar-refractivity contribution < 1.29 is 9.53 Å². The first-order valence-electron chi connectivity index (χ1n) is 9.65. The summed E-state index contributed by atoms with van der Waals surface area (Å²) in [5, 5.41) is 3.23. The predicted molar refractivity (Wildman–Crippen MR) is 115 cm³/mol. The lowest BCUT2D eigenvalue weighted by molar-refractivity contribution is 0.0796. The Morgan fingerprint density at radius 3 is 2.48 bits per heavy atom. The Bertz CT molecular complexity index is 927. The van der Waals surface area contributed by atoms with Crippen molar-refractivity contribution in [2.45, 2.75) is 26.4 Å². The number of nitrogens with zero attached hydrogens (tertiary/aromatic N) is 3. The van der Waals surface area contributed by atoms with Gasteiger partial charge in [0.15, 0.2) is 0 Å². The number of hydrogen-bond donors (Lipinski definition) is 1. The van der Waals surface area contributed by atoms with Gasteiger partial charge in [-0.1, -0.05) is 0 Å². The molecule has 0 spiro atoms. The molecule has 150 valence electrons. The second-order valence-corrected chi connectivity index (χ2v) is 7.08. The minimum atomic E-state index is -0.0369. The minimum absolute atomic E-state index is 0.0369. The molecule has 2 heterocycles. The Morgan fingerprint density at radius 2 is 1.79 bits per heavy atom. The summed E-state index contributed by atoms with van der Waals surface area (Å²) in [6.45, 7) is 4.62. The van der Waals surface area contributed by atoms with Crippen molar-refractivity contribution in [3.8, 4) is 5.75 Å². The molecular weight excluding hydrogens is 364 g/mol. The largest absolute Gasteiger partial charge is 0.491 e. The van der Waals surface area contributed by atoms with Crippen molar-refractivity contribution in [3.63, 3.8) is 0 Å². The molecule has 6 heteroatoms. The standard InChI is InChI=1S/C23H26N4O2/c1-17(2)29-21-6-4-20(5-7-21)26-22-16-19(10-14-25-22)23(28)27(3)15-11-18-8-12-24-13-9-18/h4-10,12-14,16-17H,11,15H2,1-3H3,(H,25,26). The van der Waals surface area contributed by atoms with Crippen molar-refractivity contribution in [2.75, 3.05) is 18.9 Å². The van der Waals surface area contributed by atoms with E-state index in [0.29, 0.717) is 17.9 Å². The smallest absolute Gasteiger partial charge is 0.253 e. The molecule has 1 N–H and O–H groups in total. The topological polar surface area (TPSA) is 67.3 Å². The van der Waals surface area contributed by atoms with Crippen molar-refractivity contribution in [3.05, 3.63) is 78.2 Å². The summed E-state index contributed by atoms with van der Waals surface area (Å²) in [4.78, 5) is 22.8. The van der Waals surface area contributed by atoms with E-state index < -0.39 is 0 Å². The Labute approximate surface area is 171 Å². The number of nitrogens with one attached hydrogen (secondary N) is 1. The summed E-state index contributed by atoms with van der Waals surface area (Å²) in [5.74, 6) is 1.40. The zero-order valence-electron chi connectivity index (χ0n) is 17.0. The molecule has 0 bridgehead atoms. The van der Waals surface area contributed by atoms with E-state index in [1.165, 1.54) is 0 Å². The zero-order chi connectivity index (χ0) is 20.6. The van der Waals surface area contributed by atoms with Crippen molar-refractivity contribution >= 4 is 17.4 Å². The number of pyridine rings is 2. The Kier molecular flexibility index (Phi) is 6.79. The maximum atomic E-state index is 12.8. The predicted octanol–water partition coefficient (Wildman–Crippen LogP) is 4.32. The first-order valence-corrected chi connectivity index (χ1v) is 9.65. The van der Waals surface area contributed by atoms with Crippen LogP contribution in [0.1, 0.15) is 29.8 Å². The third kappa shape index (κ3) is 6.04. The van der Waals surface area contributed by atoms with Crippen LogP contribution in [0.3, 0.4) is 0 Å². The third-order valence-corrected chi connectivity index (χ3v) is 4.34. The van der Waals surface area contributed by atoms with E-state index in [1.807, 2.05) is 57.3 Å². The van der Waals surface area contributed by atoms with Crippen LogP contribution in [0.15, 0.2) is 67.1 Å². The van der Waals surface area contributed by atoms with Crippen LogP contribution in [0, 0.1) is 0 Å². The normalized spacial score (nSPS) is 10.6. The molecule has 0 unspecified atom stereocenters. The lowest BCUT2D eigenvalue weighted by Gasteiger charge is -2.17. The van der Waals surface area contributed by atoms with E-state index in [9.17, 15) is 4.79 Å². The molecule has 0 fully saturated rings. The third-order valence-electron chi connectivity index (χ3n) is 4.34. The van der Waals surface area contributed by atoms with Gasteiger partial charge in [-0.2, -0.15) is 0 Å². The van der Waals surface area contributed by atoms with Gasteiger partial charge < -0.3 is 15.0 Å². The number of aromatic nitrogens is 2. The second kappa shape index (κ2) is 9.68. The molecule has 0 saturated carbocycles. The molecule has 2 aromatic heterocycles. The molecule has 29 heavy (non-hydrogen) atoms. The van der Waals surface area contributed by atoms with Gasteiger partial charge in [0.05, 0.1) is 6.10 Å². The van der Waals surface area contributed by atoms with Gasteiger partial charge in [-0.05, 0) is 74.4 Å². The van der Waals surface area contributed by atoms with Crippen LogP contribution in [0.25, 0.3) is 0 Å². The number of amides is 1. The van der Waals surface area contributed by atoms with E-state index in [-0.39, 0.29) is 12.0 Å². The highest BCUT2D eigenvalue weighted by Crippen LogP contribution is 2.20. The number of carbonyl (C=O) groups excluding carboxylic acids is 1. The minimum Gasteiger partial charge on any atom is -0.491 e. The molecule has 0 radical (unpaired) electrons. The molecule has 0 saturated heterocycles. The quantitative estimate of drug-likeness (QED) is 0.620. The summed E-state index contributed by atoms with van der Waals surface area (Å²) in [5.41, 5.74) is 2.63. The first-order chi connectivity index (χ1) is 14.0. The molecule has 0 aliphatic carbocycles. The number of anilines is 2. The van der Waals surface area contributed by atoms with Gasteiger partial charge >= 0.3 is 0 Å². The highest BCUT2D eigenvalue weighted by Gasteiger charge is 2.12. The average molecular weight is 390 g/mol. The van der Waals surface area contributed by atoms with Gasteiger partial charge in [-0.3, -0.25) is 9.78 Å². The van der Waals surface area contributed by atoms with E-state index in [4.69, 9.17) is 4.74 Å². The lowest BCUT2D eigenvalue weighted by atomic mass is 10.2. The van der Waals surface area contributed by atoms with Crippen LogP contribution >= 0.6 is 0 Å². The molecule has 1 amide bonds. The van der Waals surface area contributed by atoms with Crippen LogP contribution in [0.2, 0.25) is 0 Å². The van der Waals surface area contributed by atoms with E-state index in [1.54, 1.807) is 35.6 Å². The fourth-order valence-electron chi connectivity index (χ4n) is 2.84. The Balaban J connectivity index is 1.61. The Morgan fingerprint density at radius 1 is 1.07 bits per heavy atom. The first kappa shape index (κ1) is 20.3. The summed E-state index contributed by atoms with van der Waals surface area (Å²) in [6, 6.07) is 15.1. The fourth-order valence-corrected chi connectivity index (χ4v) is 2.84. The van der Waals surface area contributed by atoms with Gasteiger partial charge in [0.25, 0.3) is 5.91 Å². The molecule has 0 aliphatic heterocycles. The van der Waals surface area contributed by atoms with Gasteiger partial charge in [0.2, 0.25) is 0 Å². The lowest BCUT2D eigenvalue weighted by Crippen LogP contribution is -2.28. The molecule has 6 nitrogen and oxygen atoms in total. The highest BCUT2D eigenvalue weighted by atomic mass is 16.5. The van der Waals surface area contributed by atoms with Gasteiger partial charge in [-0.15, -0.1) is 0 Å². The molecule has 0 aliphatic rings. The summed E-state index contributed by atoms with van der Waals surface area (Å²) in [7, 11) is 1.81. The van der Waals surface area contributed by atoms with E-state index >= 15 is 0 Å². The van der Waals surface area contributed by atoms with Crippen LogP contribution < -0.4 is 10.1 Å². The van der Waals surface area contributed by atoms with Crippen LogP contribution in [-0.2, 0) is 6.42 Å². The average Bonchev–Trinajstić information content (AvgIpc) is 2.73. The maximum absolute atomic E-state index is 12.8. The van der Waals surface area contributed by atoms with Crippen LogP contribution in [-0.4, -0.2) is 40.5 Å². The van der Waals surface area contributed by atoms with Gasteiger partial charge in [-0.25, -0.2) is 4.98 Å². The fraction of sp³-hybridized carbons (Fsp3) is 0.261. The van der Waals surface area contributed by atoms with Gasteiger partial charge in [0.1, 0.15) is 11.6 Å². The van der Waals surface area contributed by atoms with Crippen LogP contribution in [0.5, 0.6) is 5.75 Å². The van der Waals surface area contributed by atoms with Crippen molar-refractivity contribution in [2.24, 2.45) is 0 Å². The summed E-state index contributed by atoms with van der Waals surface area (Å²) < 4.78 is 5.65. The number of ether oxygens (including phenoxy) is 1. The van der Waals surface area contributed by atoms with E-state index in [2.05, 4.69) is 15.3 Å². The maximum Gasteiger partial charge on any atom is 0.253 e. The Hall–Kier alpha value is -3.41. The van der Waals surface area contributed by atoms with E-state index in [0.717, 1.165) is 23.4 Å². The molecule has 3 rings (SSSR count). The summed E-state index contributed by atoms with van der Waals surface area (Å²) in [6.07, 6.45) is 6.08. The SMILES string of the molecule is CC(C)Oc1ccc(Nc2cc(C(=O)N(C)CCc3ccncc3)ccn2)cc1. The summed E-state index contributed by atoms with van der Waals surface area (Å²) >= 11 is 0. The zero-order valence-corrected chi connectivity index (χ0v) is 17.0. The number of hydrogen-bond acceptors (Lipinski definition) is 5. The number of likely N-dealkylation sites (N-methyl/N-ethyl adjacent to an activating group) is 1.